The van der Waals surface area contributed by atoms with Crippen LogP contribution in [-0.4, -0.2) is 54.7 Å². The van der Waals surface area contributed by atoms with Gasteiger partial charge in [0.25, 0.3) is 0 Å². The Bertz CT molecular complexity index is 200. The smallest absolute Gasteiger partial charge is 0.305 e. The molecule has 2 atom stereocenters. The molecule has 0 bridgehead atoms. The van der Waals surface area contributed by atoms with E-state index >= 15 is 0 Å². The molecule has 0 aromatic heterocycles. The maximum Gasteiger partial charge on any atom is 0.305 e. The second kappa shape index (κ2) is 5.99. The van der Waals surface area contributed by atoms with Crippen molar-refractivity contribution >= 4 is 23.8 Å². The lowest BCUT2D eigenvalue weighted by Crippen LogP contribution is -2.41. The minimum Gasteiger partial charge on any atom is -0.379 e. The molecule has 2 saturated heterocycles. The van der Waals surface area contributed by atoms with Gasteiger partial charge in [-0.05, 0) is 0 Å². The molecule has 14 heavy (non-hydrogen) atoms. The molecule has 0 N–H and O–H groups in total. The third-order valence-corrected chi connectivity index (χ3v) is 2.89. The molecule has 0 aromatic carbocycles. The van der Waals surface area contributed by atoms with E-state index in [9.17, 15) is 4.21 Å². The highest BCUT2D eigenvalue weighted by Gasteiger charge is 2.26. The zero-order valence-electron chi connectivity index (χ0n) is 7.72. The first-order valence-electron chi connectivity index (χ1n) is 4.37. The summed E-state index contributed by atoms with van der Waals surface area (Å²) in [6, 6.07) is 0. The Morgan fingerprint density at radius 3 is 2.64 bits per heavy atom. The largest absolute Gasteiger partial charge is 0.379 e. The average molecular weight is 244 g/mol. The normalized spacial score (nSPS) is 34.0. The molecule has 2 aliphatic heterocycles. The van der Waals surface area contributed by atoms with Crippen LogP contribution in [0.15, 0.2) is 0 Å². The highest BCUT2D eigenvalue weighted by atomic mass is 35.5. The summed E-state index contributed by atoms with van der Waals surface area (Å²) < 4.78 is 25.8. The number of rotatable bonds is 2. The third-order valence-electron chi connectivity index (χ3n) is 2.13. The summed E-state index contributed by atoms with van der Waals surface area (Å²) in [6.07, 6.45) is -0.0427. The molecule has 0 spiro atoms. The van der Waals surface area contributed by atoms with Crippen molar-refractivity contribution in [3.8, 4) is 0 Å². The fourth-order valence-electron chi connectivity index (χ4n) is 1.45. The van der Waals surface area contributed by atoms with E-state index in [-0.39, 0.29) is 18.5 Å². The van der Waals surface area contributed by atoms with Gasteiger partial charge >= 0.3 is 11.4 Å². The van der Waals surface area contributed by atoms with Crippen molar-refractivity contribution in [3.63, 3.8) is 0 Å². The van der Waals surface area contributed by atoms with Gasteiger partial charge in [0.1, 0.15) is 6.10 Å². The van der Waals surface area contributed by atoms with Gasteiger partial charge in [-0.3, -0.25) is 13.3 Å². The Balaban J connectivity index is 0.000000980. The van der Waals surface area contributed by atoms with Crippen LogP contribution in [0.3, 0.4) is 0 Å². The lowest BCUT2D eigenvalue weighted by atomic mass is 10.3. The summed E-state index contributed by atoms with van der Waals surface area (Å²) in [5.41, 5.74) is 0. The van der Waals surface area contributed by atoms with Crippen LogP contribution in [0.2, 0.25) is 0 Å². The summed E-state index contributed by atoms with van der Waals surface area (Å²) in [5.74, 6) is 0. The van der Waals surface area contributed by atoms with Crippen molar-refractivity contribution in [1.82, 2.24) is 4.90 Å². The van der Waals surface area contributed by atoms with Gasteiger partial charge in [-0.1, -0.05) is 0 Å². The van der Waals surface area contributed by atoms with Gasteiger partial charge in [0, 0.05) is 19.6 Å². The first-order valence-corrected chi connectivity index (χ1v) is 5.37. The minimum atomic E-state index is -1.52. The molecule has 0 aromatic rings. The summed E-state index contributed by atoms with van der Waals surface area (Å²) in [5, 5.41) is 0. The Morgan fingerprint density at radius 1 is 1.36 bits per heavy atom. The van der Waals surface area contributed by atoms with Crippen LogP contribution < -0.4 is 0 Å². The fourth-order valence-corrected chi connectivity index (χ4v) is 2.11. The van der Waals surface area contributed by atoms with E-state index in [4.69, 9.17) is 13.1 Å². The molecule has 0 amide bonds. The van der Waals surface area contributed by atoms with Crippen LogP contribution >= 0.6 is 12.4 Å². The van der Waals surface area contributed by atoms with Crippen LogP contribution in [0, 0.1) is 0 Å². The third kappa shape index (κ3) is 3.45. The van der Waals surface area contributed by atoms with Crippen molar-refractivity contribution in [3.05, 3.63) is 0 Å². The minimum absolute atomic E-state index is 0. The number of nitrogens with zero attached hydrogens (tertiary/aromatic N) is 1. The molecular weight excluding hydrogens is 230 g/mol. The summed E-state index contributed by atoms with van der Waals surface area (Å²) in [6.45, 7) is 4.62. The van der Waals surface area contributed by atoms with Crippen molar-refractivity contribution in [2.24, 2.45) is 0 Å². The second-order valence-corrected chi connectivity index (χ2v) is 3.96. The van der Waals surface area contributed by atoms with Gasteiger partial charge < -0.3 is 4.74 Å². The predicted octanol–water partition coefficient (Wildman–Crippen LogP) is -0.266. The zero-order valence-corrected chi connectivity index (χ0v) is 9.35. The summed E-state index contributed by atoms with van der Waals surface area (Å²) in [4.78, 5) is 2.24. The summed E-state index contributed by atoms with van der Waals surface area (Å²) in [7, 11) is 0. The molecule has 84 valence electrons. The van der Waals surface area contributed by atoms with Gasteiger partial charge in [-0.15, -0.1) is 12.4 Å². The molecule has 5 nitrogen and oxygen atoms in total. The van der Waals surface area contributed by atoms with Crippen molar-refractivity contribution < 1.29 is 17.3 Å². The van der Waals surface area contributed by atoms with E-state index in [1.165, 1.54) is 0 Å². The van der Waals surface area contributed by atoms with E-state index in [2.05, 4.69) is 4.90 Å². The quantitative estimate of drug-likeness (QED) is 0.669. The Kier molecular flexibility index (Phi) is 5.29. The first-order chi connectivity index (χ1) is 6.34. The monoisotopic (exact) mass is 243 g/mol. The van der Waals surface area contributed by atoms with Gasteiger partial charge in [-0.2, -0.15) is 4.21 Å². The Hall–Kier alpha value is 0.280. The van der Waals surface area contributed by atoms with Crippen molar-refractivity contribution in [2.45, 2.75) is 6.10 Å². The molecule has 0 aliphatic carbocycles. The SMILES string of the molecule is Cl.O=S1OC[C@H](CN2CCOCC2)O1. The highest BCUT2D eigenvalue weighted by Crippen LogP contribution is 2.10. The number of halogens is 1. The molecular formula is C7H14ClNO4S. The van der Waals surface area contributed by atoms with E-state index in [1.54, 1.807) is 0 Å². The van der Waals surface area contributed by atoms with E-state index in [0.29, 0.717) is 6.61 Å². The average Bonchev–Trinajstić information content (AvgIpc) is 2.53. The molecule has 2 aliphatic rings. The van der Waals surface area contributed by atoms with Crippen molar-refractivity contribution in [2.75, 3.05) is 39.5 Å². The van der Waals surface area contributed by atoms with E-state index < -0.39 is 11.4 Å². The van der Waals surface area contributed by atoms with Crippen LogP contribution in [-0.2, 0) is 24.5 Å². The topological polar surface area (TPSA) is 48.0 Å². The van der Waals surface area contributed by atoms with Gasteiger partial charge in [0.15, 0.2) is 0 Å². The van der Waals surface area contributed by atoms with Crippen LogP contribution in [0.1, 0.15) is 0 Å². The van der Waals surface area contributed by atoms with Gasteiger partial charge in [0.2, 0.25) is 0 Å². The standard InChI is InChI=1S/C7H13NO4S.ClH/c9-13-11-6-7(12-13)5-8-1-3-10-4-2-8;/h7H,1-6H2;1H/t7-,13?;/m0./s1. The number of ether oxygens (including phenoxy) is 1. The molecule has 2 rings (SSSR count). The fraction of sp³-hybridized carbons (Fsp3) is 1.00. The van der Waals surface area contributed by atoms with Crippen LogP contribution in [0.25, 0.3) is 0 Å². The summed E-state index contributed by atoms with van der Waals surface area (Å²) >= 11 is -1.52. The lowest BCUT2D eigenvalue weighted by Gasteiger charge is -2.27. The van der Waals surface area contributed by atoms with Crippen LogP contribution in [0.5, 0.6) is 0 Å². The zero-order chi connectivity index (χ0) is 9.10. The molecule has 7 heteroatoms. The highest BCUT2D eigenvalue weighted by molar-refractivity contribution is 7.75. The predicted molar refractivity (Wildman–Crippen MR) is 53.5 cm³/mol. The molecule has 1 unspecified atom stereocenters. The Labute approximate surface area is 92.0 Å². The first kappa shape index (κ1) is 12.4. The van der Waals surface area contributed by atoms with E-state index in [1.807, 2.05) is 0 Å². The van der Waals surface area contributed by atoms with E-state index in [0.717, 1.165) is 32.8 Å². The number of hydrogen-bond acceptors (Lipinski definition) is 5. The molecule has 0 saturated carbocycles. The maximum atomic E-state index is 10.7. The number of morpholine rings is 1. The molecule has 2 fully saturated rings. The molecule has 2 heterocycles. The van der Waals surface area contributed by atoms with Crippen molar-refractivity contribution in [1.29, 1.82) is 0 Å². The second-order valence-electron chi connectivity index (χ2n) is 3.12. The number of hydrogen-bond donors (Lipinski definition) is 0. The lowest BCUT2D eigenvalue weighted by molar-refractivity contribution is 0.0225. The Morgan fingerprint density at radius 2 is 2.07 bits per heavy atom. The van der Waals surface area contributed by atoms with Gasteiger partial charge in [0.05, 0.1) is 19.8 Å². The maximum absolute atomic E-state index is 10.7. The van der Waals surface area contributed by atoms with Gasteiger partial charge in [-0.25, -0.2) is 0 Å². The van der Waals surface area contributed by atoms with Crippen LogP contribution in [0.4, 0.5) is 0 Å². The molecule has 0 radical (unpaired) electrons.